The average Bonchev–Trinajstić information content (AvgIpc) is 2.97. The van der Waals surface area contributed by atoms with Gasteiger partial charge in [-0.3, -0.25) is 4.79 Å². The Morgan fingerprint density at radius 2 is 1.50 bits per heavy atom. The molecule has 3 rings (SSSR count). The zero-order valence-electron chi connectivity index (χ0n) is 15.9. The second-order valence-corrected chi connectivity index (χ2v) is 6.34. The van der Waals surface area contributed by atoms with Gasteiger partial charge in [-0.25, -0.2) is 4.79 Å². The predicted octanol–water partition coefficient (Wildman–Crippen LogP) is 3.85. The molecule has 144 valence electrons. The Morgan fingerprint density at radius 1 is 0.929 bits per heavy atom. The number of aromatic nitrogens is 1. The highest BCUT2D eigenvalue weighted by molar-refractivity contribution is 6.05. The van der Waals surface area contributed by atoms with Crippen LogP contribution in [0.5, 0.6) is 5.75 Å². The SMILES string of the molecule is COc1ccc(-n2c(C)cc(C(=O)Nc3ccc(NC(N)=O)cc3)c2C)cc1. The van der Waals surface area contributed by atoms with Crippen LogP contribution >= 0.6 is 0 Å². The molecule has 0 saturated carbocycles. The van der Waals surface area contributed by atoms with Crippen molar-refractivity contribution in [3.8, 4) is 11.4 Å². The number of primary amides is 1. The maximum Gasteiger partial charge on any atom is 0.316 e. The molecule has 0 atom stereocenters. The molecule has 3 aromatic rings. The van der Waals surface area contributed by atoms with Crippen molar-refractivity contribution >= 4 is 23.3 Å². The van der Waals surface area contributed by atoms with E-state index in [0.29, 0.717) is 16.9 Å². The smallest absolute Gasteiger partial charge is 0.316 e. The van der Waals surface area contributed by atoms with Crippen LogP contribution in [-0.4, -0.2) is 23.6 Å². The molecular formula is C21H22N4O3. The Hall–Kier alpha value is -3.74. The van der Waals surface area contributed by atoms with Gasteiger partial charge in [-0.05, 0) is 68.4 Å². The van der Waals surface area contributed by atoms with Crippen molar-refractivity contribution in [3.05, 3.63) is 71.5 Å². The van der Waals surface area contributed by atoms with Crippen molar-refractivity contribution in [3.63, 3.8) is 0 Å². The lowest BCUT2D eigenvalue weighted by atomic mass is 10.2. The lowest BCUT2D eigenvalue weighted by Crippen LogP contribution is -2.19. The molecule has 1 heterocycles. The first-order valence-electron chi connectivity index (χ1n) is 8.70. The summed E-state index contributed by atoms with van der Waals surface area (Å²) in [6.45, 7) is 3.87. The van der Waals surface area contributed by atoms with Crippen LogP contribution in [0.3, 0.4) is 0 Å². The van der Waals surface area contributed by atoms with Crippen molar-refractivity contribution < 1.29 is 14.3 Å². The van der Waals surface area contributed by atoms with E-state index < -0.39 is 6.03 Å². The highest BCUT2D eigenvalue weighted by Gasteiger charge is 2.17. The van der Waals surface area contributed by atoms with Gasteiger partial charge in [0.15, 0.2) is 0 Å². The highest BCUT2D eigenvalue weighted by Crippen LogP contribution is 2.24. The number of benzene rings is 2. The summed E-state index contributed by atoms with van der Waals surface area (Å²) in [5.74, 6) is 0.571. The number of ether oxygens (including phenoxy) is 1. The zero-order valence-corrected chi connectivity index (χ0v) is 15.9. The molecule has 7 nitrogen and oxygen atoms in total. The molecule has 1 aromatic heterocycles. The molecule has 0 fully saturated rings. The van der Waals surface area contributed by atoms with Crippen LogP contribution < -0.4 is 21.1 Å². The standard InChI is InChI=1S/C21H22N4O3/c1-13-12-19(14(2)25(13)17-8-10-18(28-3)11-9-17)20(26)23-15-4-6-16(7-5-15)24-21(22)27/h4-12H,1-3H3,(H,23,26)(H3,22,24,27). The molecule has 3 amide bonds. The Bertz CT molecular complexity index is 1010. The van der Waals surface area contributed by atoms with Crippen LogP contribution in [0.1, 0.15) is 21.7 Å². The van der Waals surface area contributed by atoms with Gasteiger partial charge in [-0.1, -0.05) is 0 Å². The van der Waals surface area contributed by atoms with Crippen molar-refractivity contribution in [2.45, 2.75) is 13.8 Å². The van der Waals surface area contributed by atoms with Gasteiger partial charge in [0.2, 0.25) is 0 Å². The second kappa shape index (κ2) is 7.87. The number of aryl methyl sites for hydroxylation is 1. The molecule has 0 bridgehead atoms. The van der Waals surface area contributed by atoms with E-state index in [1.165, 1.54) is 0 Å². The molecule has 0 saturated heterocycles. The van der Waals surface area contributed by atoms with E-state index >= 15 is 0 Å². The number of urea groups is 1. The second-order valence-electron chi connectivity index (χ2n) is 6.34. The van der Waals surface area contributed by atoms with Crippen molar-refractivity contribution in [1.82, 2.24) is 4.57 Å². The minimum atomic E-state index is -0.636. The number of rotatable bonds is 5. The number of carbonyl (C=O) groups excluding carboxylic acids is 2. The molecule has 0 aliphatic rings. The van der Waals surface area contributed by atoms with Gasteiger partial charge in [-0.15, -0.1) is 0 Å². The fourth-order valence-electron chi connectivity index (χ4n) is 3.10. The molecule has 4 N–H and O–H groups in total. The quantitative estimate of drug-likeness (QED) is 0.629. The van der Waals surface area contributed by atoms with Gasteiger partial charge < -0.3 is 25.7 Å². The van der Waals surface area contributed by atoms with E-state index in [2.05, 4.69) is 10.6 Å². The number of methoxy groups -OCH3 is 1. The third-order valence-corrected chi connectivity index (χ3v) is 4.42. The Morgan fingerprint density at radius 3 is 2.04 bits per heavy atom. The summed E-state index contributed by atoms with van der Waals surface area (Å²) in [7, 11) is 1.63. The number of carbonyl (C=O) groups is 2. The molecule has 0 spiro atoms. The number of hydrogen-bond donors (Lipinski definition) is 3. The third-order valence-electron chi connectivity index (χ3n) is 4.42. The molecule has 7 heteroatoms. The Labute approximate surface area is 163 Å². The molecular weight excluding hydrogens is 356 g/mol. The number of nitrogens with zero attached hydrogens (tertiary/aromatic N) is 1. The fraction of sp³-hybridized carbons (Fsp3) is 0.143. The van der Waals surface area contributed by atoms with E-state index in [1.54, 1.807) is 31.4 Å². The minimum Gasteiger partial charge on any atom is -0.497 e. The largest absolute Gasteiger partial charge is 0.497 e. The summed E-state index contributed by atoms with van der Waals surface area (Å²) in [5.41, 5.74) is 9.60. The highest BCUT2D eigenvalue weighted by atomic mass is 16.5. The van der Waals surface area contributed by atoms with Gasteiger partial charge in [0.1, 0.15) is 5.75 Å². The first-order valence-corrected chi connectivity index (χ1v) is 8.70. The summed E-state index contributed by atoms with van der Waals surface area (Å²) in [4.78, 5) is 23.6. The number of nitrogens with one attached hydrogen (secondary N) is 2. The van der Waals surface area contributed by atoms with Crippen molar-refractivity contribution in [2.75, 3.05) is 17.7 Å². The molecule has 0 radical (unpaired) electrons. The average molecular weight is 378 g/mol. The van der Waals surface area contributed by atoms with E-state index in [4.69, 9.17) is 10.5 Å². The molecule has 2 aromatic carbocycles. The summed E-state index contributed by atoms with van der Waals surface area (Å²) >= 11 is 0. The topological polar surface area (TPSA) is 98.4 Å². The first kappa shape index (κ1) is 19.0. The van der Waals surface area contributed by atoms with Gasteiger partial charge in [0.25, 0.3) is 5.91 Å². The van der Waals surface area contributed by atoms with Crippen LogP contribution in [0.2, 0.25) is 0 Å². The summed E-state index contributed by atoms with van der Waals surface area (Å²) < 4.78 is 7.22. The van der Waals surface area contributed by atoms with Gasteiger partial charge in [0.05, 0.1) is 12.7 Å². The molecule has 0 aliphatic heterocycles. The van der Waals surface area contributed by atoms with Crippen LogP contribution in [0.15, 0.2) is 54.6 Å². The maximum atomic E-state index is 12.8. The fourth-order valence-corrected chi connectivity index (χ4v) is 3.10. The number of hydrogen-bond acceptors (Lipinski definition) is 3. The van der Waals surface area contributed by atoms with Crippen LogP contribution in [-0.2, 0) is 0 Å². The first-order chi connectivity index (χ1) is 13.4. The number of amides is 3. The van der Waals surface area contributed by atoms with Gasteiger partial charge >= 0.3 is 6.03 Å². The van der Waals surface area contributed by atoms with E-state index in [0.717, 1.165) is 22.8 Å². The van der Waals surface area contributed by atoms with Crippen LogP contribution in [0.4, 0.5) is 16.2 Å². The van der Waals surface area contributed by atoms with Crippen LogP contribution in [0, 0.1) is 13.8 Å². The zero-order chi connectivity index (χ0) is 20.3. The van der Waals surface area contributed by atoms with Crippen LogP contribution in [0.25, 0.3) is 5.69 Å². The summed E-state index contributed by atoms with van der Waals surface area (Å²) in [6, 6.07) is 15.6. The summed E-state index contributed by atoms with van der Waals surface area (Å²) in [5, 5.41) is 5.35. The molecule has 0 aliphatic carbocycles. The maximum absolute atomic E-state index is 12.8. The van der Waals surface area contributed by atoms with E-state index in [1.807, 2.05) is 48.7 Å². The number of nitrogens with two attached hydrogens (primary N) is 1. The van der Waals surface area contributed by atoms with E-state index in [-0.39, 0.29) is 5.91 Å². The predicted molar refractivity (Wildman–Crippen MR) is 109 cm³/mol. The normalized spacial score (nSPS) is 10.4. The lowest BCUT2D eigenvalue weighted by molar-refractivity contribution is 0.102. The van der Waals surface area contributed by atoms with Crippen molar-refractivity contribution in [2.24, 2.45) is 5.73 Å². The Balaban J connectivity index is 1.81. The Kier molecular flexibility index (Phi) is 5.35. The van der Waals surface area contributed by atoms with Gasteiger partial charge in [0, 0.05) is 28.5 Å². The van der Waals surface area contributed by atoms with Crippen molar-refractivity contribution in [1.29, 1.82) is 0 Å². The number of anilines is 2. The lowest BCUT2D eigenvalue weighted by Gasteiger charge is -2.11. The minimum absolute atomic E-state index is 0.205. The summed E-state index contributed by atoms with van der Waals surface area (Å²) in [6.07, 6.45) is 0. The van der Waals surface area contributed by atoms with E-state index in [9.17, 15) is 9.59 Å². The monoisotopic (exact) mass is 378 g/mol. The third kappa shape index (κ3) is 3.98. The van der Waals surface area contributed by atoms with Gasteiger partial charge in [-0.2, -0.15) is 0 Å². The molecule has 0 unspecified atom stereocenters. The molecule has 28 heavy (non-hydrogen) atoms.